The summed E-state index contributed by atoms with van der Waals surface area (Å²) in [7, 11) is 4.63. The average Bonchev–Trinajstić information content (AvgIpc) is 2.62. The first-order valence-corrected chi connectivity index (χ1v) is 6.88. The van der Waals surface area contributed by atoms with Crippen molar-refractivity contribution in [1.29, 1.82) is 0 Å². The van der Waals surface area contributed by atoms with Crippen LogP contribution in [0.4, 0.5) is 0 Å². The number of amides is 1. The molecule has 0 aliphatic carbocycles. The lowest BCUT2D eigenvalue weighted by Gasteiger charge is -2.12. The molecule has 23 heavy (non-hydrogen) atoms. The van der Waals surface area contributed by atoms with Crippen LogP contribution in [0.25, 0.3) is 0 Å². The molecule has 0 aliphatic rings. The zero-order valence-corrected chi connectivity index (χ0v) is 13.2. The number of ether oxygens (including phenoxy) is 3. The number of rotatable bonds is 6. The van der Waals surface area contributed by atoms with Crippen LogP contribution < -0.4 is 19.6 Å². The van der Waals surface area contributed by atoms with Crippen LogP contribution in [-0.2, 0) is 0 Å². The van der Waals surface area contributed by atoms with Gasteiger partial charge in [0.2, 0.25) is 0 Å². The van der Waals surface area contributed by atoms with E-state index in [1.54, 1.807) is 43.5 Å². The molecule has 0 unspecified atom stereocenters. The van der Waals surface area contributed by atoms with Crippen molar-refractivity contribution >= 4 is 12.1 Å². The number of hydrogen-bond donors (Lipinski definition) is 1. The van der Waals surface area contributed by atoms with Gasteiger partial charge >= 0.3 is 0 Å². The SMILES string of the molecule is COc1cc(OC)c(/C=N\NC(=O)c2ccccc2)c(OC)c1. The van der Waals surface area contributed by atoms with Gasteiger partial charge in [0.05, 0.1) is 33.1 Å². The Morgan fingerprint density at radius 1 is 1.00 bits per heavy atom. The van der Waals surface area contributed by atoms with Crippen LogP contribution in [0.3, 0.4) is 0 Å². The molecule has 2 rings (SSSR count). The van der Waals surface area contributed by atoms with E-state index in [2.05, 4.69) is 10.5 Å². The van der Waals surface area contributed by atoms with Gasteiger partial charge in [-0.2, -0.15) is 5.10 Å². The first kappa shape index (κ1) is 16.4. The van der Waals surface area contributed by atoms with Crippen molar-refractivity contribution in [2.24, 2.45) is 5.10 Å². The minimum atomic E-state index is -0.298. The highest BCUT2D eigenvalue weighted by Crippen LogP contribution is 2.32. The second kappa shape index (κ2) is 7.84. The Morgan fingerprint density at radius 2 is 1.61 bits per heavy atom. The summed E-state index contributed by atoms with van der Waals surface area (Å²) in [6.45, 7) is 0. The Bertz CT molecular complexity index is 674. The molecule has 0 aromatic heterocycles. The third-order valence-corrected chi connectivity index (χ3v) is 3.15. The molecule has 0 saturated carbocycles. The fraction of sp³-hybridized carbons (Fsp3) is 0.176. The van der Waals surface area contributed by atoms with Crippen LogP contribution in [0.5, 0.6) is 17.2 Å². The van der Waals surface area contributed by atoms with Gasteiger partial charge < -0.3 is 14.2 Å². The number of hydrogen-bond acceptors (Lipinski definition) is 5. The Labute approximate surface area is 134 Å². The fourth-order valence-corrected chi connectivity index (χ4v) is 1.97. The maximum absolute atomic E-state index is 11.9. The molecule has 0 saturated heterocycles. The molecule has 6 heteroatoms. The molecule has 1 amide bonds. The molecule has 2 aromatic rings. The maximum atomic E-state index is 11.9. The van der Waals surface area contributed by atoms with Gasteiger partial charge in [0.15, 0.2) is 0 Å². The molecule has 1 N–H and O–H groups in total. The number of nitrogens with zero attached hydrogens (tertiary/aromatic N) is 1. The predicted molar refractivity (Wildman–Crippen MR) is 87.6 cm³/mol. The summed E-state index contributed by atoms with van der Waals surface area (Å²) in [5, 5.41) is 3.97. The zero-order chi connectivity index (χ0) is 16.7. The van der Waals surface area contributed by atoms with Gasteiger partial charge in [-0.1, -0.05) is 18.2 Å². The lowest BCUT2D eigenvalue weighted by molar-refractivity contribution is 0.0955. The van der Waals surface area contributed by atoms with Crippen molar-refractivity contribution in [3.05, 3.63) is 53.6 Å². The number of hydrazone groups is 1. The summed E-state index contributed by atoms with van der Waals surface area (Å²) in [5.41, 5.74) is 3.59. The number of carbonyl (C=O) groups is 1. The molecule has 2 aromatic carbocycles. The van der Waals surface area contributed by atoms with E-state index in [0.717, 1.165) is 0 Å². The van der Waals surface area contributed by atoms with E-state index in [1.807, 2.05) is 6.07 Å². The largest absolute Gasteiger partial charge is 0.496 e. The van der Waals surface area contributed by atoms with Crippen LogP contribution in [-0.4, -0.2) is 33.5 Å². The molecule has 0 spiro atoms. The van der Waals surface area contributed by atoms with Gasteiger partial charge in [0, 0.05) is 17.7 Å². The third kappa shape index (κ3) is 4.00. The Morgan fingerprint density at radius 3 is 2.13 bits per heavy atom. The second-order valence-corrected chi connectivity index (χ2v) is 4.51. The predicted octanol–water partition coefficient (Wildman–Crippen LogP) is 2.48. The molecule has 0 bridgehead atoms. The van der Waals surface area contributed by atoms with Gasteiger partial charge in [0.25, 0.3) is 5.91 Å². The van der Waals surface area contributed by atoms with Gasteiger partial charge in [-0.05, 0) is 12.1 Å². The van der Waals surface area contributed by atoms with Crippen molar-refractivity contribution in [1.82, 2.24) is 5.43 Å². The Kier molecular flexibility index (Phi) is 5.57. The monoisotopic (exact) mass is 314 g/mol. The molecule has 0 heterocycles. The van der Waals surface area contributed by atoms with Crippen molar-refractivity contribution in [3.63, 3.8) is 0 Å². The van der Waals surface area contributed by atoms with Crippen LogP contribution in [0.1, 0.15) is 15.9 Å². The number of nitrogens with one attached hydrogen (secondary N) is 1. The quantitative estimate of drug-likeness (QED) is 0.657. The van der Waals surface area contributed by atoms with Crippen molar-refractivity contribution < 1.29 is 19.0 Å². The molecule has 0 fully saturated rings. The summed E-state index contributed by atoms with van der Waals surface area (Å²) in [6.07, 6.45) is 1.47. The summed E-state index contributed by atoms with van der Waals surface area (Å²) in [4.78, 5) is 11.9. The van der Waals surface area contributed by atoms with Crippen molar-refractivity contribution in [2.75, 3.05) is 21.3 Å². The second-order valence-electron chi connectivity index (χ2n) is 4.51. The Hall–Kier alpha value is -3.02. The number of methoxy groups -OCH3 is 3. The van der Waals surface area contributed by atoms with Crippen LogP contribution in [0.15, 0.2) is 47.6 Å². The summed E-state index contributed by atoms with van der Waals surface area (Å²) < 4.78 is 15.8. The summed E-state index contributed by atoms with van der Waals surface area (Å²) in [5.74, 6) is 1.36. The van der Waals surface area contributed by atoms with Gasteiger partial charge in [-0.25, -0.2) is 5.43 Å². The molecule has 0 radical (unpaired) electrons. The lowest BCUT2D eigenvalue weighted by Crippen LogP contribution is -2.17. The van der Waals surface area contributed by atoms with E-state index in [-0.39, 0.29) is 5.91 Å². The average molecular weight is 314 g/mol. The first-order chi connectivity index (χ1) is 11.2. The van der Waals surface area contributed by atoms with E-state index in [9.17, 15) is 4.79 Å². The highest BCUT2D eigenvalue weighted by atomic mass is 16.5. The number of carbonyl (C=O) groups excluding carboxylic acids is 1. The highest BCUT2D eigenvalue weighted by Gasteiger charge is 2.11. The molecule has 0 atom stereocenters. The van der Waals surface area contributed by atoms with Gasteiger partial charge in [-0.15, -0.1) is 0 Å². The van der Waals surface area contributed by atoms with Crippen LogP contribution in [0.2, 0.25) is 0 Å². The Balaban J connectivity index is 2.20. The highest BCUT2D eigenvalue weighted by molar-refractivity contribution is 5.95. The molecular weight excluding hydrogens is 296 g/mol. The first-order valence-electron chi connectivity index (χ1n) is 6.88. The standard InChI is InChI=1S/C17H18N2O4/c1-21-13-9-15(22-2)14(16(10-13)23-3)11-18-19-17(20)12-7-5-4-6-8-12/h4-11H,1-3H3,(H,19,20)/b18-11-. The lowest BCUT2D eigenvalue weighted by atomic mass is 10.2. The maximum Gasteiger partial charge on any atom is 0.271 e. The molecule has 6 nitrogen and oxygen atoms in total. The van der Waals surface area contributed by atoms with E-state index >= 15 is 0 Å². The summed E-state index contributed by atoms with van der Waals surface area (Å²) >= 11 is 0. The normalized spacial score (nSPS) is 10.4. The van der Waals surface area contributed by atoms with E-state index < -0.39 is 0 Å². The smallest absolute Gasteiger partial charge is 0.271 e. The fourth-order valence-electron chi connectivity index (χ4n) is 1.97. The van der Waals surface area contributed by atoms with E-state index in [1.165, 1.54) is 20.4 Å². The van der Waals surface area contributed by atoms with Crippen molar-refractivity contribution in [2.45, 2.75) is 0 Å². The number of benzene rings is 2. The van der Waals surface area contributed by atoms with Crippen LogP contribution in [0, 0.1) is 0 Å². The topological polar surface area (TPSA) is 69.2 Å². The van der Waals surface area contributed by atoms with Crippen molar-refractivity contribution in [3.8, 4) is 17.2 Å². The van der Waals surface area contributed by atoms with Gasteiger partial charge in [0.1, 0.15) is 17.2 Å². The van der Waals surface area contributed by atoms with E-state index in [4.69, 9.17) is 14.2 Å². The molecular formula is C17H18N2O4. The van der Waals surface area contributed by atoms with Crippen LogP contribution >= 0.6 is 0 Å². The van der Waals surface area contributed by atoms with Gasteiger partial charge in [-0.3, -0.25) is 4.79 Å². The van der Waals surface area contributed by atoms with E-state index in [0.29, 0.717) is 28.4 Å². The zero-order valence-electron chi connectivity index (χ0n) is 13.2. The minimum Gasteiger partial charge on any atom is -0.496 e. The molecule has 120 valence electrons. The third-order valence-electron chi connectivity index (χ3n) is 3.15. The molecule has 0 aliphatic heterocycles. The minimum absolute atomic E-state index is 0.298. The summed E-state index contributed by atoms with van der Waals surface area (Å²) in [6, 6.07) is 12.3.